The fourth-order valence-corrected chi connectivity index (χ4v) is 2.44. The van der Waals surface area contributed by atoms with Gasteiger partial charge in [0.1, 0.15) is 5.82 Å². The summed E-state index contributed by atoms with van der Waals surface area (Å²) < 4.78 is 23.3. The molecule has 1 heterocycles. The second-order valence-electron chi connectivity index (χ2n) is 5.80. The third-order valence-corrected chi connectivity index (χ3v) is 3.92. The van der Waals surface area contributed by atoms with Gasteiger partial charge in [0.25, 0.3) is 5.91 Å². The van der Waals surface area contributed by atoms with Gasteiger partial charge in [0.2, 0.25) is 5.95 Å². The van der Waals surface area contributed by atoms with Crippen LogP contribution in [0.2, 0.25) is 0 Å². The van der Waals surface area contributed by atoms with Crippen LogP contribution in [0.25, 0.3) is 0 Å². The molecule has 28 heavy (non-hydrogen) atoms. The van der Waals surface area contributed by atoms with Gasteiger partial charge in [0, 0.05) is 30.7 Å². The van der Waals surface area contributed by atoms with Crippen LogP contribution in [0.15, 0.2) is 54.9 Å². The van der Waals surface area contributed by atoms with Crippen LogP contribution in [-0.2, 0) is 6.54 Å². The molecular weight excluding hydrogens is 363 g/mol. The van der Waals surface area contributed by atoms with E-state index in [4.69, 9.17) is 9.47 Å². The molecule has 0 spiro atoms. The van der Waals surface area contributed by atoms with E-state index in [9.17, 15) is 9.18 Å². The molecule has 8 heteroatoms. The van der Waals surface area contributed by atoms with Crippen LogP contribution < -0.4 is 20.1 Å². The van der Waals surface area contributed by atoms with Crippen molar-refractivity contribution in [3.05, 3.63) is 71.8 Å². The Morgan fingerprint density at radius 2 is 1.68 bits per heavy atom. The maximum absolute atomic E-state index is 12.9. The molecule has 3 aromatic rings. The zero-order valence-corrected chi connectivity index (χ0v) is 15.4. The molecule has 0 saturated heterocycles. The average Bonchev–Trinajstić information content (AvgIpc) is 2.73. The van der Waals surface area contributed by atoms with E-state index in [1.54, 1.807) is 37.4 Å². The molecule has 0 radical (unpaired) electrons. The summed E-state index contributed by atoms with van der Waals surface area (Å²) in [7, 11) is 3.06. The molecule has 0 saturated carbocycles. The minimum Gasteiger partial charge on any atom is -0.493 e. The Balaban J connectivity index is 1.61. The molecule has 7 nitrogen and oxygen atoms in total. The van der Waals surface area contributed by atoms with Crippen LogP contribution >= 0.6 is 0 Å². The molecule has 0 aliphatic heterocycles. The van der Waals surface area contributed by atoms with E-state index < -0.39 is 0 Å². The predicted molar refractivity (Wildman–Crippen MR) is 103 cm³/mol. The van der Waals surface area contributed by atoms with Crippen LogP contribution in [0, 0.1) is 5.82 Å². The number of nitrogens with one attached hydrogen (secondary N) is 2. The number of carbonyl (C=O) groups is 1. The van der Waals surface area contributed by atoms with Crippen molar-refractivity contribution in [1.82, 2.24) is 9.97 Å². The van der Waals surface area contributed by atoms with E-state index in [-0.39, 0.29) is 11.7 Å². The average molecular weight is 382 g/mol. The van der Waals surface area contributed by atoms with Gasteiger partial charge in [0.15, 0.2) is 11.5 Å². The van der Waals surface area contributed by atoms with Crippen molar-refractivity contribution in [2.75, 3.05) is 24.9 Å². The van der Waals surface area contributed by atoms with E-state index in [0.29, 0.717) is 35.2 Å². The van der Waals surface area contributed by atoms with Crippen molar-refractivity contribution in [3.8, 4) is 11.5 Å². The van der Waals surface area contributed by atoms with Gasteiger partial charge in [-0.25, -0.2) is 14.4 Å². The number of hydrogen-bond donors (Lipinski definition) is 2. The van der Waals surface area contributed by atoms with Crippen molar-refractivity contribution >= 4 is 17.5 Å². The number of aromatic nitrogens is 2. The number of hydrogen-bond acceptors (Lipinski definition) is 6. The second-order valence-corrected chi connectivity index (χ2v) is 5.80. The van der Waals surface area contributed by atoms with Crippen molar-refractivity contribution in [1.29, 1.82) is 0 Å². The molecule has 0 fully saturated rings. The van der Waals surface area contributed by atoms with Crippen molar-refractivity contribution < 1.29 is 18.7 Å². The van der Waals surface area contributed by atoms with Gasteiger partial charge in [0.05, 0.1) is 19.8 Å². The number of rotatable bonds is 7. The number of amides is 1. The van der Waals surface area contributed by atoms with E-state index in [1.165, 1.54) is 31.6 Å². The van der Waals surface area contributed by atoms with Crippen molar-refractivity contribution in [2.45, 2.75) is 6.54 Å². The normalized spacial score (nSPS) is 10.2. The maximum atomic E-state index is 12.9. The Bertz CT molecular complexity index is 947. The minimum atomic E-state index is -0.350. The first-order chi connectivity index (χ1) is 13.6. The summed E-state index contributed by atoms with van der Waals surface area (Å²) >= 11 is 0. The lowest BCUT2D eigenvalue weighted by Crippen LogP contribution is -2.13. The van der Waals surface area contributed by atoms with E-state index in [2.05, 4.69) is 20.6 Å². The Morgan fingerprint density at radius 3 is 2.32 bits per heavy atom. The molecule has 0 bridgehead atoms. The van der Waals surface area contributed by atoms with Gasteiger partial charge in [-0.1, -0.05) is 12.1 Å². The van der Waals surface area contributed by atoms with E-state index in [0.717, 1.165) is 5.56 Å². The lowest BCUT2D eigenvalue weighted by atomic mass is 10.2. The lowest BCUT2D eigenvalue weighted by Gasteiger charge is -2.10. The number of nitrogens with zero attached hydrogens (tertiary/aromatic N) is 2. The zero-order valence-electron chi connectivity index (χ0n) is 15.4. The topological polar surface area (TPSA) is 85.4 Å². The number of carbonyl (C=O) groups excluding carboxylic acids is 1. The molecule has 0 aliphatic carbocycles. The smallest absolute Gasteiger partial charge is 0.258 e. The lowest BCUT2D eigenvalue weighted by molar-refractivity contribution is 0.102. The third kappa shape index (κ3) is 4.73. The van der Waals surface area contributed by atoms with Gasteiger partial charge in [-0.05, 0) is 29.8 Å². The Morgan fingerprint density at radius 1 is 1.00 bits per heavy atom. The first kappa shape index (κ1) is 19.1. The summed E-state index contributed by atoms with van der Waals surface area (Å²) in [5.41, 5.74) is 1.75. The molecule has 0 unspecified atom stereocenters. The highest BCUT2D eigenvalue weighted by molar-refractivity contribution is 6.04. The standard InChI is InChI=1S/C20H19FN4O3/c1-27-17-8-7-16(9-18(17)28-2)25-19(26)14-11-23-20(24-12-14)22-10-13-3-5-15(21)6-4-13/h3-9,11-12H,10H2,1-2H3,(H,25,26)(H,22,23,24). The Kier molecular flexibility index (Phi) is 6.01. The summed E-state index contributed by atoms with van der Waals surface area (Å²) in [6, 6.07) is 11.2. The molecule has 2 aromatic carbocycles. The van der Waals surface area contributed by atoms with Crippen LogP contribution in [0.1, 0.15) is 15.9 Å². The Labute approximate surface area is 161 Å². The summed E-state index contributed by atoms with van der Waals surface area (Å²) in [6.07, 6.45) is 2.85. The van der Waals surface area contributed by atoms with E-state index in [1.807, 2.05) is 0 Å². The predicted octanol–water partition coefficient (Wildman–Crippen LogP) is 3.50. The molecule has 1 amide bonds. The number of methoxy groups -OCH3 is 2. The number of benzene rings is 2. The van der Waals surface area contributed by atoms with Crippen LogP contribution in [0.5, 0.6) is 11.5 Å². The van der Waals surface area contributed by atoms with E-state index >= 15 is 0 Å². The highest BCUT2D eigenvalue weighted by atomic mass is 19.1. The van der Waals surface area contributed by atoms with Crippen LogP contribution in [0.3, 0.4) is 0 Å². The van der Waals surface area contributed by atoms with Crippen LogP contribution in [0.4, 0.5) is 16.0 Å². The van der Waals surface area contributed by atoms with Gasteiger partial charge >= 0.3 is 0 Å². The fraction of sp³-hybridized carbons (Fsp3) is 0.150. The van der Waals surface area contributed by atoms with Gasteiger partial charge in [-0.3, -0.25) is 4.79 Å². The third-order valence-electron chi connectivity index (χ3n) is 3.92. The second kappa shape index (κ2) is 8.81. The number of halogens is 1. The SMILES string of the molecule is COc1ccc(NC(=O)c2cnc(NCc3ccc(F)cc3)nc2)cc1OC. The quantitative estimate of drug-likeness (QED) is 0.651. The maximum Gasteiger partial charge on any atom is 0.258 e. The largest absolute Gasteiger partial charge is 0.493 e. The molecule has 3 rings (SSSR count). The molecule has 2 N–H and O–H groups in total. The summed E-state index contributed by atoms with van der Waals surface area (Å²) in [5, 5.41) is 5.77. The van der Waals surface area contributed by atoms with Gasteiger partial charge in [-0.2, -0.15) is 0 Å². The molecule has 1 aromatic heterocycles. The zero-order chi connectivity index (χ0) is 19.9. The molecular formula is C20H19FN4O3. The Hall–Kier alpha value is -3.68. The molecule has 0 aliphatic rings. The molecule has 0 atom stereocenters. The summed E-state index contributed by atoms with van der Waals surface area (Å²) in [6.45, 7) is 0.442. The minimum absolute atomic E-state index is 0.287. The monoisotopic (exact) mass is 382 g/mol. The first-order valence-electron chi connectivity index (χ1n) is 8.43. The number of ether oxygens (including phenoxy) is 2. The van der Waals surface area contributed by atoms with Crippen LogP contribution in [-0.4, -0.2) is 30.1 Å². The van der Waals surface area contributed by atoms with Crippen molar-refractivity contribution in [3.63, 3.8) is 0 Å². The first-order valence-corrected chi connectivity index (χ1v) is 8.43. The summed E-state index contributed by atoms with van der Waals surface area (Å²) in [4.78, 5) is 20.6. The van der Waals surface area contributed by atoms with Gasteiger partial charge in [-0.15, -0.1) is 0 Å². The van der Waals surface area contributed by atoms with Crippen molar-refractivity contribution in [2.24, 2.45) is 0 Å². The summed E-state index contributed by atoms with van der Waals surface area (Å²) in [5.74, 6) is 0.812. The highest BCUT2D eigenvalue weighted by Gasteiger charge is 2.10. The van der Waals surface area contributed by atoms with Gasteiger partial charge < -0.3 is 20.1 Å². The number of anilines is 2. The molecule has 144 valence electrons. The highest BCUT2D eigenvalue weighted by Crippen LogP contribution is 2.29. The fourth-order valence-electron chi connectivity index (χ4n) is 2.44.